The molecular formula is C10H16N2S. The predicted molar refractivity (Wildman–Crippen MR) is 55.7 cm³/mol. The third-order valence-electron chi connectivity index (χ3n) is 3.07. The summed E-state index contributed by atoms with van der Waals surface area (Å²) in [7, 11) is 0. The quantitative estimate of drug-likeness (QED) is 0.733. The van der Waals surface area contributed by atoms with Crippen molar-refractivity contribution in [1.82, 2.24) is 5.32 Å². The first kappa shape index (κ1) is 9.36. The number of nitrogens with zero attached hydrogens (tertiary/aromatic N) is 1. The molecule has 1 heterocycles. The Labute approximate surface area is 84.1 Å². The van der Waals surface area contributed by atoms with Gasteiger partial charge in [0.05, 0.1) is 6.07 Å². The molecule has 72 valence electrons. The molecule has 3 heteroatoms. The number of nitrogens with one attached hydrogen (secondary N) is 1. The molecule has 2 fully saturated rings. The average molecular weight is 196 g/mol. The maximum absolute atomic E-state index is 9.15. The smallest absolute Gasteiger partial charge is 0.116 e. The van der Waals surface area contributed by atoms with Crippen LogP contribution in [-0.4, -0.2) is 23.1 Å². The predicted octanol–water partition coefficient (Wildman–Crippen LogP) is 1.92. The van der Waals surface area contributed by atoms with Crippen LogP contribution in [0.25, 0.3) is 0 Å². The number of hydrogen-bond donors (Lipinski definition) is 1. The third kappa shape index (κ3) is 2.00. The summed E-state index contributed by atoms with van der Waals surface area (Å²) in [5.41, 5.74) is -0.181. The van der Waals surface area contributed by atoms with Gasteiger partial charge in [-0.1, -0.05) is 12.8 Å². The number of hydrogen-bond acceptors (Lipinski definition) is 3. The lowest BCUT2D eigenvalue weighted by Crippen LogP contribution is -2.48. The molecule has 2 rings (SSSR count). The van der Waals surface area contributed by atoms with Crippen LogP contribution in [0, 0.1) is 11.3 Å². The van der Waals surface area contributed by atoms with Crippen LogP contribution in [0.4, 0.5) is 0 Å². The third-order valence-corrected chi connectivity index (χ3v) is 4.26. The van der Waals surface area contributed by atoms with Gasteiger partial charge >= 0.3 is 0 Å². The normalized spacial score (nSPS) is 35.0. The van der Waals surface area contributed by atoms with E-state index in [9.17, 15) is 0 Å². The maximum atomic E-state index is 9.15. The van der Waals surface area contributed by atoms with Crippen LogP contribution in [0.3, 0.4) is 0 Å². The van der Waals surface area contributed by atoms with Crippen LogP contribution in [0.1, 0.15) is 32.1 Å². The van der Waals surface area contributed by atoms with Crippen molar-refractivity contribution in [2.45, 2.75) is 43.7 Å². The van der Waals surface area contributed by atoms with Gasteiger partial charge in [-0.25, -0.2) is 0 Å². The molecule has 1 atom stereocenters. The Morgan fingerprint density at radius 3 is 2.69 bits per heavy atom. The molecule has 2 aliphatic rings. The molecule has 1 unspecified atom stereocenters. The second-order valence-electron chi connectivity index (χ2n) is 4.12. The van der Waals surface area contributed by atoms with Gasteiger partial charge in [0, 0.05) is 11.8 Å². The van der Waals surface area contributed by atoms with Gasteiger partial charge < -0.3 is 0 Å². The van der Waals surface area contributed by atoms with Gasteiger partial charge in [-0.15, -0.1) is 0 Å². The minimum Gasteiger partial charge on any atom is -0.296 e. The van der Waals surface area contributed by atoms with E-state index in [4.69, 9.17) is 5.26 Å². The molecule has 1 aliphatic heterocycles. The summed E-state index contributed by atoms with van der Waals surface area (Å²) in [4.78, 5) is 0. The maximum Gasteiger partial charge on any atom is 0.116 e. The fraction of sp³-hybridized carbons (Fsp3) is 0.900. The van der Waals surface area contributed by atoms with Crippen molar-refractivity contribution in [2.24, 2.45) is 0 Å². The molecule has 13 heavy (non-hydrogen) atoms. The van der Waals surface area contributed by atoms with Crippen LogP contribution in [-0.2, 0) is 0 Å². The lowest BCUT2D eigenvalue weighted by molar-refractivity contribution is 0.386. The zero-order valence-corrected chi connectivity index (χ0v) is 8.70. The first-order chi connectivity index (χ1) is 6.35. The molecule has 0 spiro atoms. The van der Waals surface area contributed by atoms with Crippen LogP contribution < -0.4 is 5.32 Å². The SMILES string of the molecule is N#CC1(NC2CCCC2)CCSC1. The van der Waals surface area contributed by atoms with Crippen LogP contribution in [0.15, 0.2) is 0 Å². The van der Waals surface area contributed by atoms with Crippen LogP contribution in [0.5, 0.6) is 0 Å². The van der Waals surface area contributed by atoms with E-state index in [1.165, 1.54) is 25.7 Å². The van der Waals surface area contributed by atoms with E-state index in [1.54, 1.807) is 0 Å². The second-order valence-corrected chi connectivity index (χ2v) is 5.23. The summed E-state index contributed by atoms with van der Waals surface area (Å²) in [5, 5.41) is 12.7. The molecular weight excluding hydrogens is 180 g/mol. The Bertz CT molecular complexity index is 209. The monoisotopic (exact) mass is 196 g/mol. The van der Waals surface area contributed by atoms with Crippen molar-refractivity contribution in [1.29, 1.82) is 5.26 Å². The molecule has 0 amide bonds. The Morgan fingerprint density at radius 2 is 2.15 bits per heavy atom. The largest absolute Gasteiger partial charge is 0.296 e. The average Bonchev–Trinajstić information content (AvgIpc) is 2.77. The summed E-state index contributed by atoms with van der Waals surface area (Å²) < 4.78 is 0. The van der Waals surface area contributed by atoms with E-state index in [2.05, 4.69) is 11.4 Å². The molecule has 1 aliphatic carbocycles. The highest BCUT2D eigenvalue weighted by molar-refractivity contribution is 7.99. The van der Waals surface area contributed by atoms with Crippen LogP contribution >= 0.6 is 11.8 Å². The van der Waals surface area contributed by atoms with Crippen molar-refractivity contribution in [2.75, 3.05) is 11.5 Å². The van der Waals surface area contributed by atoms with E-state index in [1.807, 2.05) is 11.8 Å². The van der Waals surface area contributed by atoms with Crippen LogP contribution in [0.2, 0.25) is 0 Å². The highest BCUT2D eigenvalue weighted by atomic mass is 32.2. The van der Waals surface area contributed by atoms with E-state index >= 15 is 0 Å². The number of nitriles is 1. The zero-order chi connectivity index (χ0) is 9.15. The van der Waals surface area contributed by atoms with Gasteiger partial charge in [-0.2, -0.15) is 17.0 Å². The van der Waals surface area contributed by atoms with Gasteiger partial charge in [0.15, 0.2) is 0 Å². The minimum atomic E-state index is -0.181. The summed E-state index contributed by atoms with van der Waals surface area (Å²) in [6, 6.07) is 3.10. The van der Waals surface area contributed by atoms with Crippen molar-refractivity contribution in [3.05, 3.63) is 0 Å². The minimum absolute atomic E-state index is 0.181. The lowest BCUT2D eigenvalue weighted by Gasteiger charge is -2.25. The number of thioether (sulfide) groups is 1. The molecule has 0 bridgehead atoms. The van der Waals surface area contributed by atoms with Gasteiger partial charge in [-0.05, 0) is 25.0 Å². The Balaban J connectivity index is 1.93. The molecule has 0 aromatic carbocycles. The molecule has 1 saturated heterocycles. The second kappa shape index (κ2) is 3.89. The Hall–Kier alpha value is -0.200. The highest BCUT2D eigenvalue weighted by Crippen LogP contribution is 2.30. The fourth-order valence-electron chi connectivity index (χ4n) is 2.26. The first-order valence-electron chi connectivity index (χ1n) is 5.11. The topological polar surface area (TPSA) is 35.8 Å². The molecule has 1 saturated carbocycles. The van der Waals surface area contributed by atoms with E-state index < -0.39 is 0 Å². The highest BCUT2D eigenvalue weighted by Gasteiger charge is 2.36. The van der Waals surface area contributed by atoms with Gasteiger partial charge in [0.25, 0.3) is 0 Å². The zero-order valence-electron chi connectivity index (χ0n) is 7.88. The Morgan fingerprint density at radius 1 is 1.38 bits per heavy atom. The molecule has 1 N–H and O–H groups in total. The fourth-order valence-corrected chi connectivity index (χ4v) is 3.54. The molecule has 0 aromatic rings. The summed E-state index contributed by atoms with van der Waals surface area (Å²) in [6.07, 6.45) is 6.26. The first-order valence-corrected chi connectivity index (χ1v) is 6.27. The standard InChI is InChI=1S/C10H16N2S/c11-7-10(5-6-13-8-10)12-9-3-1-2-4-9/h9,12H,1-6,8H2. The molecule has 0 aromatic heterocycles. The van der Waals surface area contributed by atoms with E-state index in [-0.39, 0.29) is 5.54 Å². The van der Waals surface area contributed by atoms with Crippen molar-refractivity contribution in [3.63, 3.8) is 0 Å². The van der Waals surface area contributed by atoms with E-state index in [0.29, 0.717) is 6.04 Å². The molecule has 2 nitrogen and oxygen atoms in total. The summed E-state index contributed by atoms with van der Waals surface area (Å²) in [6.45, 7) is 0. The van der Waals surface area contributed by atoms with Crippen molar-refractivity contribution in [3.8, 4) is 6.07 Å². The lowest BCUT2D eigenvalue weighted by atomic mass is 9.99. The number of rotatable bonds is 2. The Kier molecular flexibility index (Phi) is 2.80. The summed E-state index contributed by atoms with van der Waals surface area (Å²) in [5.74, 6) is 2.13. The summed E-state index contributed by atoms with van der Waals surface area (Å²) >= 11 is 1.90. The van der Waals surface area contributed by atoms with Crippen molar-refractivity contribution < 1.29 is 0 Å². The van der Waals surface area contributed by atoms with Crippen molar-refractivity contribution >= 4 is 11.8 Å². The van der Waals surface area contributed by atoms with Gasteiger partial charge in [-0.3, -0.25) is 5.32 Å². The van der Waals surface area contributed by atoms with Gasteiger partial charge in [0.1, 0.15) is 5.54 Å². The van der Waals surface area contributed by atoms with Gasteiger partial charge in [0.2, 0.25) is 0 Å². The van der Waals surface area contributed by atoms with E-state index in [0.717, 1.165) is 17.9 Å². The molecule has 0 radical (unpaired) electrons.